The molecular weight excluding hydrogens is 250 g/mol. The third-order valence-electron chi connectivity index (χ3n) is 2.52. The van der Waals surface area contributed by atoms with Gasteiger partial charge in [0.15, 0.2) is 0 Å². The Bertz CT molecular complexity index is 605. The molecule has 0 bridgehead atoms. The number of nitrogens with one attached hydrogen (secondary N) is 1. The summed E-state index contributed by atoms with van der Waals surface area (Å²) in [6, 6.07) is 10.1. The summed E-state index contributed by atoms with van der Waals surface area (Å²) >= 11 is 0. The molecule has 5 nitrogen and oxygen atoms in total. The highest BCUT2D eigenvalue weighted by atomic mass is 32.2. The Kier molecular flexibility index (Phi) is 3.78. The summed E-state index contributed by atoms with van der Waals surface area (Å²) in [5.74, 6) is 0. The minimum Gasteiger partial charge on any atom is -0.273 e. The summed E-state index contributed by atoms with van der Waals surface area (Å²) in [6.45, 7) is 2.95. The molecule has 0 radical (unpaired) electrons. The molecule has 0 saturated heterocycles. The number of rotatable bonds is 5. The summed E-state index contributed by atoms with van der Waals surface area (Å²) in [6.07, 6.45) is 1.83. The molecule has 6 heteroatoms. The number of nitrogens with zero attached hydrogens (tertiary/aromatic N) is 2. The highest BCUT2D eigenvalue weighted by Gasteiger charge is 2.13. The first kappa shape index (κ1) is 12.8. The van der Waals surface area contributed by atoms with E-state index in [0.29, 0.717) is 5.69 Å². The first-order chi connectivity index (χ1) is 8.62. The van der Waals surface area contributed by atoms with E-state index in [0.717, 1.165) is 6.54 Å². The number of benzene rings is 1. The maximum absolute atomic E-state index is 11.9. The summed E-state index contributed by atoms with van der Waals surface area (Å²) < 4.78 is 28.2. The van der Waals surface area contributed by atoms with Gasteiger partial charge in [-0.25, -0.2) is 13.1 Å². The quantitative estimate of drug-likeness (QED) is 0.888. The van der Waals surface area contributed by atoms with Gasteiger partial charge in [0.25, 0.3) is 0 Å². The highest BCUT2D eigenvalue weighted by molar-refractivity contribution is 7.89. The standard InChI is InChI=1S/C12H15N3O2S/c1-2-15-9-8-11(14-15)10-13-18(16,17)12-6-4-3-5-7-12/h3-9,13H,2,10H2,1H3. The zero-order chi connectivity index (χ0) is 13.0. The average molecular weight is 265 g/mol. The van der Waals surface area contributed by atoms with Crippen molar-refractivity contribution in [3.05, 3.63) is 48.3 Å². The Balaban J connectivity index is 2.06. The lowest BCUT2D eigenvalue weighted by atomic mass is 10.4. The van der Waals surface area contributed by atoms with Gasteiger partial charge in [0.1, 0.15) is 0 Å². The number of aryl methyl sites for hydroxylation is 1. The smallest absolute Gasteiger partial charge is 0.240 e. The van der Waals surface area contributed by atoms with Gasteiger partial charge in [-0.05, 0) is 25.1 Å². The zero-order valence-electron chi connectivity index (χ0n) is 10.1. The molecule has 2 rings (SSSR count). The van der Waals surface area contributed by atoms with E-state index in [1.165, 1.54) is 0 Å². The van der Waals surface area contributed by atoms with Crippen LogP contribution in [-0.4, -0.2) is 18.2 Å². The second-order valence-electron chi connectivity index (χ2n) is 3.80. The Morgan fingerprint density at radius 2 is 1.94 bits per heavy atom. The molecule has 0 aliphatic carbocycles. The predicted octanol–water partition coefficient (Wildman–Crippen LogP) is 1.38. The molecule has 1 N–H and O–H groups in total. The van der Waals surface area contributed by atoms with Crippen LogP contribution in [0.4, 0.5) is 0 Å². The van der Waals surface area contributed by atoms with Crippen molar-refractivity contribution in [1.29, 1.82) is 0 Å². The van der Waals surface area contributed by atoms with Crippen LogP contribution >= 0.6 is 0 Å². The molecule has 0 aliphatic rings. The van der Waals surface area contributed by atoms with Gasteiger partial charge in [-0.2, -0.15) is 5.10 Å². The van der Waals surface area contributed by atoms with Crippen LogP contribution < -0.4 is 4.72 Å². The fourth-order valence-corrected chi connectivity index (χ4v) is 2.55. The van der Waals surface area contributed by atoms with E-state index in [1.54, 1.807) is 41.1 Å². The molecule has 96 valence electrons. The largest absolute Gasteiger partial charge is 0.273 e. The molecule has 1 aromatic carbocycles. The number of aromatic nitrogens is 2. The number of sulfonamides is 1. The molecule has 0 aliphatic heterocycles. The van der Waals surface area contributed by atoms with Gasteiger partial charge in [0, 0.05) is 12.7 Å². The lowest BCUT2D eigenvalue weighted by Gasteiger charge is -2.04. The van der Waals surface area contributed by atoms with Gasteiger partial charge in [-0.3, -0.25) is 4.68 Å². The highest BCUT2D eigenvalue weighted by Crippen LogP contribution is 2.07. The van der Waals surface area contributed by atoms with Crippen molar-refractivity contribution in [3.8, 4) is 0 Å². The van der Waals surface area contributed by atoms with Crippen molar-refractivity contribution in [2.75, 3.05) is 0 Å². The van der Waals surface area contributed by atoms with Crippen LogP contribution in [0, 0.1) is 0 Å². The third-order valence-corrected chi connectivity index (χ3v) is 3.93. The van der Waals surface area contributed by atoms with Gasteiger partial charge < -0.3 is 0 Å². The van der Waals surface area contributed by atoms with Crippen LogP contribution in [0.3, 0.4) is 0 Å². The van der Waals surface area contributed by atoms with Gasteiger partial charge in [-0.15, -0.1) is 0 Å². The first-order valence-electron chi connectivity index (χ1n) is 5.69. The molecule has 0 spiro atoms. The minimum atomic E-state index is -3.46. The van der Waals surface area contributed by atoms with Gasteiger partial charge in [0.2, 0.25) is 10.0 Å². The van der Waals surface area contributed by atoms with Gasteiger partial charge >= 0.3 is 0 Å². The monoisotopic (exact) mass is 265 g/mol. The van der Waals surface area contributed by atoms with Crippen LogP contribution in [0.15, 0.2) is 47.5 Å². The van der Waals surface area contributed by atoms with E-state index >= 15 is 0 Å². The average Bonchev–Trinajstić information content (AvgIpc) is 2.86. The maximum Gasteiger partial charge on any atom is 0.240 e. The molecule has 0 unspecified atom stereocenters. The van der Waals surface area contributed by atoms with Crippen LogP contribution in [0.25, 0.3) is 0 Å². The predicted molar refractivity (Wildman–Crippen MR) is 68.4 cm³/mol. The fraction of sp³-hybridized carbons (Fsp3) is 0.250. The molecule has 0 atom stereocenters. The van der Waals surface area contributed by atoms with Crippen molar-refractivity contribution >= 4 is 10.0 Å². The second kappa shape index (κ2) is 5.32. The van der Waals surface area contributed by atoms with Crippen LogP contribution in [0.2, 0.25) is 0 Å². The van der Waals surface area contributed by atoms with Crippen LogP contribution in [0.1, 0.15) is 12.6 Å². The van der Waals surface area contributed by atoms with E-state index in [-0.39, 0.29) is 11.4 Å². The second-order valence-corrected chi connectivity index (χ2v) is 5.57. The van der Waals surface area contributed by atoms with Crippen molar-refractivity contribution in [2.45, 2.75) is 24.9 Å². The molecular formula is C12H15N3O2S. The first-order valence-corrected chi connectivity index (χ1v) is 7.17. The lowest BCUT2D eigenvalue weighted by molar-refractivity contribution is 0.578. The Morgan fingerprint density at radius 1 is 1.22 bits per heavy atom. The maximum atomic E-state index is 11.9. The summed E-state index contributed by atoms with van der Waals surface area (Å²) in [5, 5.41) is 4.22. The molecule has 0 saturated carbocycles. The van der Waals surface area contributed by atoms with E-state index in [9.17, 15) is 8.42 Å². The van der Waals surface area contributed by atoms with E-state index < -0.39 is 10.0 Å². The molecule has 18 heavy (non-hydrogen) atoms. The van der Waals surface area contributed by atoms with Crippen molar-refractivity contribution in [1.82, 2.24) is 14.5 Å². The molecule has 1 heterocycles. The summed E-state index contributed by atoms with van der Waals surface area (Å²) in [5.41, 5.74) is 0.705. The normalized spacial score (nSPS) is 11.6. The van der Waals surface area contributed by atoms with E-state index in [1.807, 2.05) is 13.1 Å². The van der Waals surface area contributed by atoms with Crippen LogP contribution in [0.5, 0.6) is 0 Å². The Hall–Kier alpha value is -1.66. The number of hydrogen-bond donors (Lipinski definition) is 1. The minimum absolute atomic E-state index is 0.199. The molecule has 0 amide bonds. The molecule has 1 aromatic heterocycles. The van der Waals surface area contributed by atoms with Gasteiger partial charge in [-0.1, -0.05) is 18.2 Å². The van der Waals surface area contributed by atoms with Crippen molar-refractivity contribution in [2.24, 2.45) is 0 Å². The van der Waals surface area contributed by atoms with Crippen molar-refractivity contribution in [3.63, 3.8) is 0 Å². The van der Waals surface area contributed by atoms with E-state index in [4.69, 9.17) is 0 Å². The van der Waals surface area contributed by atoms with Crippen LogP contribution in [-0.2, 0) is 23.1 Å². The van der Waals surface area contributed by atoms with Gasteiger partial charge in [0.05, 0.1) is 17.1 Å². The van der Waals surface area contributed by atoms with E-state index in [2.05, 4.69) is 9.82 Å². The SMILES string of the molecule is CCn1ccc(CNS(=O)(=O)c2ccccc2)n1. The molecule has 2 aromatic rings. The van der Waals surface area contributed by atoms with Crippen molar-refractivity contribution < 1.29 is 8.42 Å². The third kappa shape index (κ3) is 2.96. The fourth-order valence-electron chi connectivity index (χ4n) is 1.53. The summed E-state index contributed by atoms with van der Waals surface area (Å²) in [4.78, 5) is 0.264. The molecule has 0 fully saturated rings. The Labute approximate surface area is 107 Å². The summed E-state index contributed by atoms with van der Waals surface area (Å²) in [7, 11) is -3.46. The number of hydrogen-bond acceptors (Lipinski definition) is 3. The lowest BCUT2D eigenvalue weighted by Crippen LogP contribution is -2.23. The Morgan fingerprint density at radius 3 is 2.56 bits per heavy atom. The topological polar surface area (TPSA) is 64.0 Å². The zero-order valence-corrected chi connectivity index (χ0v) is 10.9.